The number of aliphatic hydroxyl groups excluding tert-OH is 1. The van der Waals surface area contributed by atoms with E-state index in [4.69, 9.17) is 9.84 Å². The number of halogens is 1. The lowest BCUT2D eigenvalue weighted by molar-refractivity contribution is -0.149. The summed E-state index contributed by atoms with van der Waals surface area (Å²) in [5, 5.41) is 9.44. The average molecular weight is 225 g/mol. The van der Waals surface area contributed by atoms with Gasteiger partial charge in [-0.15, -0.1) is 0 Å². The van der Waals surface area contributed by atoms with E-state index in [1.54, 1.807) is 6.92 Å². The second kappa shape index (κ2) is 6.61. The van der Waals surface area contributed by atoms with E-state index >= 15 is 0 Å². The number of carbonyl (C=O) groups excluding carboxylic acids is 1. The van der Waals surface area contributed by atoms with Crippen molar-refractivity contribution in [3.8, 4) is 0 Å². The number of hydrogen-bond acceptors (Lipinski definition) is 3. The first-order chi connectivity index (χ1) is 5.26. The van der Waals surface area contributed by atoms with Crippen LogP contribution in [0.4, 0.5) is 0 Å². The molecule has 0 heterocycles. The Morgan fingerprint density at radius 3 is 2.73 bits per heavy atom. The standard InChI is InChI=1S/C7H13BrO3/c1-2-11-7(10)6(5-9)3-4-8/h6,9H,2-5H2,1H3. The van der Waals surface area contributed by atoms with E-state index in [0.717, 1.165) is 0 Å². The zero-order valence-corrected chi connectivity index (χ0v) is 8.13. The minimum absolute atomic E-state index is 0.134. The van der Waals surface area contributed by atoms with Crippen LogP contribution in [0.5, 0.6) is 0 Å². The molecule has 11 heavy (non-hydrogen) atoms. The van der Waals surface area contributed by atoms with Gasteiger partial charge in [0.2, 0.25) is 0 Å². The molecule has 1 atom stereocenters. The molecule has 0 saturated carbocycles. The highest BCUT2D eigenvalue weighted by Crippen LogP contribution is 2.06. The monoisotopic (exact) mass is 224 g/mol. The Hall–Kier alpha value is -0.0900. The lowest BCUT2D eigenvalue weighted by Gasteiger charge is -2.10. The van der Waals surface area contributed by atoms with Crippen molar-refractivity contribution >= 4 is 21.9 Å². The maximum absolute atomic E-state index is 11.0. The van der Waals surface area contributed by atoms with Gasteiger partial charge in [-0.05, 0) is 13.3 Å². The summed E-state index contributed by atoms with van der Waals surface area (Å²) in [7, 11) is 0. The van der Waals surface area contributed by atoms with Crippen LogP contribution in [-0.2, 0) is 9.53 Å². The third-order valence-corrected chi connectivity index (χ3v) is 1.76. The molecule has 1 unspecified atom stereocenters. The van der Waals surface area contributed by atoms with E-state index in [9.17, 15) is 4.79 Å². The smallest absolute Gasteiger partial charge is 0.311 e. The van der Waals surface area contributed by atoms with Crippen LogP contribution < -0.4 is 0 Å². The van der Waals surface area contributed by atoms with E-state index in [0.29, 0.717) is 18.4 Å². The zero-order valence-electron chi connectivity index (χ0n) is 6.55. The summed E-state index contributed by atoms with van der Waals surface area (Å²) in [5.74, 6) is -0.677. The van der Waals surface area contributed by atoms with Crippen molar-refractivity contribution in [2.75, 3.05) is 18.5 Å². The molecule has 0 amide bonds. The number of alkyl halides is 1. The normalized spacial score (nSPS) is 12.6. The van der Waals surface area contributed by atoms with Gasteiger partial charge >= 0.3 is 5.97 Å². The Morgan fingerprint density at radius 2 is 2.36 bits per heavy atom. The lowest BCUT2D eigenvalue weighted by Crippen LogP contribution is -2.21. The van der Waals surface area contributed by atoms with Crippen molar-refractivity contribution in [3.63, 3.8) is 0 Å². The number of rotatable bonds is 5. The molecule has 0 aliphatic heterocycles. The van der Waals surface area contributed by atoms with Gasteiger partial charge in [-0.3, -0.25) is 4.79 Å². The van der Waals surface area contributed by atoms with Gasteiger partial charge in [-0.25, -0.2) is 0 Å². The third kappa shape index (κ3) is 4.37. The molecule has 3 nitrogen and oxygen atoms in total. The summed E-state index contributed by atoms with van der Waals surface area (Å²) in [5.41, 5.74) is 0. The first-order valence-corrected chi connectivity index (χ1v) is 4.71. The van der Waals surface area contributed by atoms with Gasteiger partial charge in [0.25, 0.3) is 0 Å². The summed E-state index contributed by atoms with van der Waals surface area (Å²) in [6, 6.07) is 0. The van der Waals surface area contributed by atoms with Crippen LogP contribution in [0.15, 0.2) is 0 Å². The van der Waals surface area contributed by atoms with Crippen molar-refractivity contribution < 1.29 is 14.6 Å². The van der Waals surface area contributed by atoms with Crippen LogP contribution in [-0.4, -0.2) is 29.6 Å². The van der Waals surface area contributed by atoms with E-state index in [1.807, 2.05) is 0 Å². The van der Waals surface area contributed by atoms with Crippen molar-refractivity contribution in [1.29, 1.82) is 0 Å². The van der Waals surface area contributed by atoms with Crippen LogP contribution in [0.25, 0.3) is 0 Å². The summed E-state index contributed by atoms with van der Waals surface area (Å²) in [6.07, 6.45) is 0.620. The Kier molecular flexibility index (Phi) is 6.56. The molecule has 0 rings (SSSR count). The highest BCUT2D eigenvalue weighted by molar-refractivity contribution is 9.09. The maximum Gasteiger partial charge on any atom is 0.311 e. The summed E-state index contributed by atoms with van der Waals surface area (Å²) in [4.78, 5) is 11.0. The highest BCUT2D eigenvalue weighted by atomic mass is 79.9. The molecule has 0 fully saturated rings. The number of hydrogen-bond donors (Lipinski definition) is 1. The van der Waals surface area contributed by atoms with Gasteiger partial charge in [0.05, 0.1) is 19.1 Å². The van der Waals surface area contributed by atoms with E-state index < -0.39 is 0 Å². The molecule has 0 aromatic rings. The SMILES string of the molecule is CCOC(=O)C(CO)CCBr. The zero-order chi connectivity index (χ0) is 8.69. The molecule has 0 spiro atoms. The van der Waals surface area contributed by atoms with Gasteiger partial charge in [0, 0.05) is 5.33 Å². The Bertz CT molecular complexity index is 116. The van der Waals surface area contributed by atoms with Crippen molar-refractivity contribution in [2.45, 2.75) is 13.3 Å². The second-order valence-electron chi connectivity index (χ2n) is 2.11. The topological polar surface area (TPSA) is 46.5 Å². The number of carbonyl (C=O) groups is 1. The molecule has 0 aliphatic carbocycles. The molecule has 0 bridgehead atoms. The Morgan fingerprint density at radius 1 is 1.73 bits per heavy atom. The molecular formula is C7H13BrO3. The second-order valence-corrected chi connectivity index (χ2v) is 2.90. The largest absolute Gasteiger partial charge is 0.466 e. The van der Waals surface area contributed by atoms with Crippen LogP contribution in [0.1, 0.15) is 13.3 Å². The third-order valence-electron chi connectivity index (χ3n) is 1.30. The van der Waals surface area contributed by atoms with Crippen LogP contribution in [0.3, 0.4) is 0 Å². The van der Waals surface area contributed by atoms with E-state index in [2.05, 4.69) is 15.9 Å². The quantitative estimate of drug-likeness (QED) is 0.559. The molecule has 0 aromatic heterocycles. The lowest BCUT2D eigenvalue weighted by atomic mass is 10.1. The van der Waals surface area contributed by atoms with Gasteiger partial charge < -0.3 is 9.84 Å². The first kappa shape index (κ1) is 10.9. The van der Waals surface area contributed by atoms with Crippen LogP contribution in [0, 0.1) is 5.92 Å². The molecule has 0 aromatic carbocycles. The predicted molar refractivity (Wildman–Crippen MR) is 45.6 cm³/mol. The fraction of sp³-hybridized carbons (Fsp3) is 0.857. The van der Waals surface area contributed by atoms with Gasteiger partial charge in [-0.1, -0.05) is 15.9 Å². The summed E-state index contributed by atoms with van der Waals surface area (Å²) < 4.78 is 4.73. The molecule has 66 valence electrons. The molecule has 0 saturated heterocycles. The fourth-order valence-corrected chi connectivity index (χ4v) is 1.23. The van der Waals surface area contributed by atoms with Crippen molar-refractivity contribution in [3.05, 3.63) is 0 Å². The molecule has 4 heteroatoms. The van der Waals surface area contributed by atoms with Crippen LogP contribution in [0.2, 0.25) is 0 Å². The molecular weight excluding hydrogens is 212 g/mol. The Balaban J connectivity index is 3.71. The average Bonchev–Trinajstić information content (AvgIpc) is 2.00. The summed E-state index contributed by atoms with van der Waals surface area (Å²) in [6.45, 7) is 1.99. The maximum atomic E-state index is 11.0. The number of esters is 1. The fourth-order valence-electron chi connectivity index (χ4n) is 0.675. The number of ether oxygens (including phenoxy) is 1. The summed E-state index contributed by atoms with van der Waals surface area (Å²) >= 11 is 3.19. The van der Waals surface area contributed by atoms with Crippen molar-refractivity contribution in [2.24, 2.45) is 5.92 Å². The number of aliphatic hydroxyl groups is 1. The van der Waals surface area contributed by atoms with E-state index in [1.165, 1.54) is 0 Å². The van der Waals surface area contributed by atoms with Gasteiger partial charge in [-0.2, -0.15) is 0 Å². The molecule has 1 N–H and O–H groups in total. The van der Waals surface area contributed by atoms with Gasteiger partial charge in [0.1, 0.15) is 0 Å². The molecule has 0 radical (unpaired) electrons. The van der Waals surface area contributed by atoms with Gasteiger partial charge in [0.15, 0.2) is 0 Å². The minimum Gasteiger partial charge on any atom is -0.466 e. The first-order valence-electron chi connectivity index (χ1n) is 3.59. The van der Waals surface area contributed by atoms with Crippen molar-refractivity contribution in [1.82, 2.24) is 0 Å². The predicted octanol–water partition coefficient (Wildman–Crippen LogP) is 0.943. The minimum atomic E-state index is -0.366. The Labute approximate surface area is 74.9 Å². The highest BCUT2D eigenvalue weighted by Gasteiger charge is 2.17. The van der Waals surface area contributed by atoms with E-state index in [-0.39, 0.29) is 18.5 Å². The molecule has 0 aliphatic rings. The van der Waals surface area contributed by atoms with Crippen LogP contribution >= 0.6 is 15.9 Å².